The topological polar surface area (TPSA) is 69.0 Å². The van der Waals surface area contributed by atoms with Gasteiger partial charge in [-0.05, 0) is 54.4 Å². The molecule has 6 heteroatoms. The fourth-order valence-corrected chi connectivity index (χ4v) is 4.94. The standard InChI is InChI=1S/C32H25NO5/c1-20-14-15-27-26(16-20)30(34)28-29(22-10-6-13-25(17-22)37-19-21-8-4-3-5-9-21)33(32(35)31(28)38-27)23-11-7-12-24(18-23)36-2/h3-18,29H,19H2,1-2H3. The van der Waals surface area contributed by atoms with Gasteiger partial charge in [-0.25, -0.2) is 0 Å². The van der Waals surface area contributed by atoms with Crippen molar-refractivity contribution < 1.29 is 18.7 Å². The second kappa shape index (κ2) is 9.56. The van der Waals surface area contributed by atoms with Crippen LogP contribution in [-0.4, -0.2) is 13.0 Å². The van der Waals surface area contributed by atoms with Crippen LogP contribution in [0.2, 0.25) is 0 Å². The van der Waals surface area contributed by atoms with Crippen LogP contribution in [0.25, 0.3) is 11.0 Å². The molecule has 38 heavy (non-hydrogen) atoms. The molecule has 4 aromatic carbocycles. The third-order valence-electron chi connectivity index (χ3n) is 6.78. The Morgan fingerprint density at radius 1 is 0.842 bits per heavy atom. The molecule has 188 valence electrons. The number of hydrogen-bond acceptors (Lipinski definition) is 5. The zero-order valence-corrected chi connectivity index (χ0v) is 21.0. The molecule has 0 spiro atoms. The van der Waals surface area contributed by atoms with Crippen molar-refractivity contribution in [2.45, 2.75) is 19.6 Å². The number of amides is 1. The second-order valence-electron chi connectivity index (χ2n) is 9.30. The molecule has 5 aromatic rings. The second-order valence-corrected chi connectivity index (χ2v) is 9.30. The Kier molecular flexibility index (Phi) is 5.92. The van der Waals surface area contributed by atoms with Crippen molar-refractivity contribution in [1.82, 2.24) is 0 Å². The molecule has 1 unspecified atom stereocenters. The highest BCUT2D eigenvalue weighted by Gasteiger charge is 2.43. The van der Waals surface area contributed by atoms with Crippen LogP contribution < -0.4 is 19.8 Å². The molecule has 0 aliphatic carbocycles. The molecule has 0 radical (unpaired) electrons. The zero-order valence-electron chi connectivity index (χ0n) is 21.0. The largest absolute Gasteiger partial charge is 0.497 e. The Balaban J connectivity index is 1.50. The molecule has 6 nitrogen and oxygen atoms in total. The maximum absolute atomic E-state index is 13.9. The minimum Gasteiger partial charge on any atom is -0.497 e. The lowest BCUT2D eigenvalue weighted by Crippen LogP contribution is -2.29. The first kappa shape index (κ1) is 23.6. The Bertz CT molecular complexity index is 1720. The quantitative estimate of drug-likeness (QED) is 0.267. The third-order valence-corrected chi connectivity index (χ3v) is 6.78. The number of hydrogen-bond donors (Lipinski definition) is 0. The number of methoxy groups -OCH3 is 1. The van der Waals surface area contributed by atoms with E-state index < -0.39 is 6.04 Å². The van der Waals surface area contributed by atoms with Gasteiger partial charge in [0.15, 0.2) is 5.43 Å². The van der Waals surface area contributed by atoms with Crippen LogP contribution in [0.3, 0.4) is 0 Å². The fourth-order valence-electron chi connectivity index (χ4n) is 4.94. The molecule has 1 aromatic heterocycles. The van der Waals surface area contributed by atoms with Crippen molar-refractivity contribution in [3.63, 3.8) is 0 Å². The van der Waals surface area contributed by atoms with Gasteiger partial charge in [0.2, 0.25) is 5.76 Å². The summed E-state index contributed by atoms with van der Waals surface area (Å²) in [5.74, 6) is 0.909. The summed E-state index contributed by atoms with van der Waals surface area (Å²) in [6.07, 6.45) is 0. The molecule has 0 saturated heterocycles. The average molecular weight is 504 g/mol. The molecule has 0 fully saturated rings. The van der Waals surface area contributed by atoms with Crippen LogP contribution in [0.1, 0.15) is 38.9 Å². The van der Waals surface area contributed by atoms with Gasteiger partial charge in [0.05, 0.1) is 24.1 Å². The zero-order chi connectivity index (χ0) is 26.2. The van der Waals surface area contributed by atoms with Gasteiger partial charge in [0.1, 0.15) is 23.7 Å². The van der Waals surface area contributed by atoms with E-state index in [1.807, 2.05) is 85.8 Å². The highest BCUT2D eigenvalue weighted by molar-refractivity contribution is 6.10. The summed E-state index contributed by atoms with van der Waals surface area (Å²) in [6, 6.07) is 29.3. The molecule has 0 bridgehead atoms. The van der Waals surface area contributed by atoms with E-state index in [4.69, 9.17) is 13.9 Å². The molecule has 0 N–H and O–H groups in total. The van der Waals surface area contributed by atoms with Crippen molar-refractivity contribution in [2.24, 2.45) is 0 Å². The molecule has 1 amide bonds. The van der Waals surface area contributed by atoms with Crippen molar-refractivity contribution in [1.29, 1.82) is 0 Å². The summed E-state index contributed by atoms with van der Waals surface area (Å²) in [7, 11) is 1.57. The fraction of sp³-hybridized carbons (Fsp3) is 0.125. The van der Waals surface area contributed by atoms with Crippen molar-refractivity contribution in [3.05, 3.63) is 135 Å². The molecule has 6 rings (SSSR count). The van der Waals surface area contributed by atoms with Crippen LogP contribution in [0.5, 0.6) is 11.5 Å². The summed E-state index contributed by atoms with van der Waals surface area (Å²) < 4.78 is 17.6. The first-order valence-corrected chi connectivity index (χ1v) is 12.3. The van der Waals surface area contributed by atoms with Crippen LogP contribution in [0.15, 0.2) is 106 Å². The van der Waals surface area contributed by atoms with Crippen molar-refractivity contribution >= 4 is 22.6 Å². The molecular formula is C32H25NO5. The summed E-state index contributed by atoms with van der Waals surface area (Å²) in [5, 5.41) is 0.450. The predicted molar refractivity (Wildman–Crippen MR) is 146 cm³/mol. The number of benzene rings is 4. The summed E-state index contributed by atoms with van der Waals surface area (Å²) in [6.45, 7) is 2.32. The van der Waals surface area contributed by atoms with Gasteiger partial charge in [0.25, 0.3) is 5.91 Å². The maximum atomic E-state index is 13.9. The number of ether oxygens (including phenoxy) is 2. The van der Waals surface area contributed by atoms with E-state index >= 15 is 0 Å². The SMILES string of the molecule is COc1cccc(N2C(=O)c3oc4ccc(C)cc4c(=O)c3C2c2cccc(OCc3ccccc3)c2)c1. The average Bonchev–Trinajstić information content (AvgIpc) is 3.25. The predicted octanol–water partition coefficient (Wildman–Crippen LogP) is 6.44. The molecule has 1 aliphatic heterocycles. The summed E-state index contributed by atoms with van der Waals surface area (Å²) in [5.41, 5.74) is 3.80. The number of carbonyl (C=O) groups is 1. The van der Waals surface area contributed by atoms with E-state index in [0.29, 0.717) is 40.3 Å². The number of fused-ring (bicyclic) bond motifs is 2. The minimum absolute atomic E-state index is 0.0507. The molecule has 1 atom stereocenters. The Labute approximate surface area is 219 Å². The van der Waals surface area contributed by atoms with Crippen molar-refractivity contribution in [3.8, 4) is 11.5 Å². The Morgan fingerprint density at radius 3 is 2.45 bits per heavy atom. The first-order chi connectivity index (χ1) is 18.5. The third kappa shape index (κ3) is 4.10. The van der Waals surface area contributed by atoms with Gasteiger partial charge in [0, 0.05) is 11.8 Å². The van der Waals surface area contributed by atoms with Gasteiger partial charge < -0.3 is 13.9 Å². The highest BCUT2D eigenvalue weighted by Crippen LogP contribution is 2.42. The maximum Gasteiger partial charge on any atom is 0.295 e. The smallest absolute Gasteiger partial charge is 0.295 e. The minimum atomic E-state index is -0.703. The molecule has 2 heterocycles. The Morgan fingerprint density at radius 2 is 1.63 bits per heavy atom. The van der Waals surface area contributed by atoms with E-state index in [2.05, 4.69) is 0 Å². The lowest BCUT2D eigenvalue weighted by Gasteiger charge is -2.26. The van der Waals surface area contributed by atoms with Crippen molar-refractivity contribution in [2.75, 3.05) is 12.0 Å². The van der Waals surface area contributed by atoms with Gasteiger partial charge in [-0.1, -0.05) is 60.2 Å². The number of carbonyl (C=O) groups excluding carboxylic acids is 1. The van der Waals surface area contributed by atoms with E-state index in [9.17, 15) is 9.59 Å². The van der Waals surface area contributed by atoms with Crippen LogP contribution in [0, 0.1) is 6.92 Å². The Hall–Kier alpha value is -4.84. The summed E-state index contributed by atoms with van der Waals surface area (Å²) >= 11 is 0. The number of anilines is 1. The van der Waals surface area contributed by atoms with Gasteiger partial charge in [-0.3, -0.25) is 14.5 Å². The van der Waals surface area contributed by atoms with Crippen LogP contribution in [-0.2, 0) is 6.61 Å². The number of rotatable bonds is 6. The lowest BCUT2D eigenvalue weighted by molar-refractivity contribution is 0.0971. The number of nitrogens with zero attached hydrogens (tertiary/aromatic N) is 1. The molecule has 0 saturated carbocycles. The van der Waals surface area contributed by atoms with Crippen LogP contribution >= 0.6 is 0 Å². The van der Waals surface area contributed by atoms with Gasteiger partial charge in [-0.2, -0.15) is 0 Å². The van der Waals surface area contributed by atoms with E-state index in [1.165, 1.54) is 0 Å². The lowest BCUT2D eigenvalue weighted by atomic mass is 9.97. The summed E-state index contributed by atoms with van der Waals surface area (Å²) in [4.78, 5) is 29.4. The van der Waals surface area contributed by atoms with E-state index in [0.717, 1.165) is 16.7 Å². The van der Waals surface area contributed by atoms with Gasteiger partial charge in [-0.15, -0.1) is 0 Å². The number of aryl methyl sites for hydroxylation is 1. The first-order valence-electron chi connectivity index (χ1n) is 12.3. The molecular weight excluding hydrogens is 478 g/mol. The normalized spacial score (nSPS) is 14.5. The van der Waals surface area contributed by atoms with Gasteiger partial charge >= 0.3 is 0 Å². The van der Waals surface area contributed by atoms with E-state index in [1.54, 1.807) is 30.2 Å². The highest BCUT2D eigenvalue weighted by atomic mass is 16.5. The van der Waals surface area contributed by atoms with Crippen LogP contribution in [0.4, 0.5) is 5.69 Å². The monoisotopic (exact) mass is 503 g/mol. The molecule has 1 aliphatic rings. The van der Waals surface area contributed by atoms with E-state index in [-0.39, 0.29) is 17.1 Å².